The molecule has 1 amide bonds. The fraction of sp³-hybridized carbons (Fsp3) is 0.0800. The maximum absolute atomic E-state index is 12.8. The fourth-order valence-electron chi connectivity index (χ4n) is 3.64. The Balaban J connectivity index is 1.51. The van der Waals surface area contributed by atoms with Gasteiger partial charge in [-0.2, -0.15) is 0 Å². The Bertz CT molecular complexity index is 1690. The van der Waals surface area contributed by atoms with Crippen molar-refractivity contribution in [2.24, 2.45) is 0 Å². The molecule has 2 N–H and O–H groups in total. The van der Waals surface area contributed by atoms with Gasteiger partial charge in [0.15, 0.2) is 0 Å². The van der Waals surface area contributed by atoms with E-state index < -0.39 is 32.5 Å². The second-order valence-electron chi connectivity index (χ2n) is 8.05. The standard InChI is InChI=1S/C25H21Cl2N3O5S2/c1-36(32,33)30(23-11-4-7-17-6-2-3-8-20(17)23)16-24(31)28-18-12-14-19(15-13-18)37(34,35)29-22-10-5-9-21(26)25(22)27/h2-15,29H,16H2,1H3,(H,28,31). The molecule has 0 unspecified atom stereocenters. The van der Waals surface area contributed by atoms with Crippen LogP contribution < -0.4 is 14.3 Å². The number of amides is 1. The predicted octanol–water partition coefficient (Wildman–Crippen LogP) is 5.35. The van der Waals surface area contributed by atoms with Gasteiger partial charge in [-0.15, -0.1) is 0 Å². The molecule has 0 spiro atoms. The van der Waals surface area contributed by atoms with Crippen molar-refractivity contribution in [2.45, 2.75) is 4.90 Å². The molecule has 4 aromatic rings. The Labute approximate surface area is 224 Å². The maximum atomic E-state index is 12.8. The smallest absolute Gasteiger partial charge is 0.261 e. The average molecular weight is 578 g/mol. The van der Waals surface area contributed by atoms with Crippen molar-refractivity contribution in [1.29, 1.82) is 0 Å². The van der Waals surface area contributed by atoms with Crippen molar-refractivity contribution >= 4 is 77.0 Å². The zero-order chi connectivity index (χ0) is 26.8. The van der Waals surface area contributed by atoms with Crippen LogP contribution >= 0.6 is 23.2 Å². The number of sulfonamides is 2. The molecule has 4 aromatic carbocycles. The summed E-state index contributed by atoms with van der Waals surface area (Å²) in [6, 6.07) is 22.4. The Morgan fingerprint density at radius 2 is 1.49 bits per heavy atom. The van der Waals surface area contributed by atoms with Crippen LogP contribution in [0.2, 0.25) is 10.0 Å². The van der Waals surface area contributed by atoms with E-state index in [1.807, 2.05) is 18.2 Å². The third-order valence-electron chi connectivity index (χ3n) is 5.37. The van der Waals surface area contributed by atoms with E-state index in [0.717, 1.165) is 15.9 Å². The Morgan fingerprint density at radius 3 is 2.19 bits per heavy atom. The Kier molecular flexibility index (Phi) is 7.65. The second kappa shape index (κ2) is 10.6. The van der Waals surface area contributed by atoms with Crippen LogP contribution in [0.15, 0.2) is 89.8 Å². The van der Waals surface area contributed by atoms with Crippen molar-refractivity contribution < 1.29 is 21.6 Å². The Morgan fingerprint density at radius 1 is 0.838 bits per heavy atom. The van der Waals surface area contributed by atoms with Gasteiger partial charge in [0.05, 0.1) is 32.6 Å². The van der Waals surface area contributed by atoms with Crippen LogP contribution in [0.3, 0.4) is 0 Å². The van der Waals surface area contributed by atoms with Crippen molar-refractivity contribution in [3.63, 3.8) is 0 Å². The lowest BCUT2D eigenvalue weighted by atomic mass is 10.1. The molecule has 37 heavy (non-hydrogen) atoms. The first kappa shape index (κ1) is 26.7. The number of anilines is 3. The molecule has 8 nitrogen and oxygen atoms in total. The summed E-state index contributed by atoms with van der Waals surface area (Å²) in [5.74, 6) is -0.599. The highest BCUT2D eigenvalue weighted by Gasteiger charge is 2.23. The molecule has 0 saturated heterocycles. The highest BCUT2D eigenvalue weighted by atomic mass is 35.5. The molecule has 0 atom stereocenters. The first-order valence-electron chi connectivity index (χ1n) is 10.8. The molecule has 0 aliphatic rings. The minimum Gasteiger partial charge on any atom is -0.325 e. The highest BCUT2D eigenvalue weighted by Crippen LogP contribution is 2.31. The van der Waals surface area contributed by atoms with E-state index in [1.54, 1.807) is 30.3 Å². The van der Waals surface area contributed by atoms with Crippen LogP contribution in [-0.2, 0) is 24.8 Å². The normalized spacial score (nSPS) is 11.8. The number of fused-ring (bicyclic) bond motifs is 1. The van der Waals surface area contributed by atoms with Crippen molar-refractivity contribution in [3.8, 4) is 0 Å². The van der Waals surface area contributed by atoms with Crippen molar-refractivity contribution in [1.82, 2.24) is 0 Å². The molecule has 0 aliphatic heterocycles. The molecule has 0 saturated carbocycles. The average Bonchev–Trinajstić information content (AvgIpc) is 2.85. The summed E-state index contributed by atoms with van der Waals surface area (Å²) in [4.78, 5) is 12.7. The molecule has 0 aromatic heterocycles. The minimum absolute atomic E-state index is 0.0678. The lowest BCUT2D eigenvalue weighted by Crippen LogP contribution is -2.37. The van der Waals surface area contributed by atoms with Gasteiger partial charge in [-0.25, -0.2) is 16.8 Å². The molecule has 4 rings (SSSR count). The number of rotatable bonds is 8. The van der Waals surface area contributed by atoms with Gasteiger partial charge in [-0.1, -0.05) is 65.7 Å². The molecule has 0 radical (unpaired) electrons. The van der Waals surface area contributed by atoms with Crippen LogP contribution in [0.1, 0.15) is 0 Å². The topological polar surface area (TPSA) is 113 Å². The van der Waals surface area contributed by atoms with Gasteiger partial charge in [0, 0.05) is 11.1 Å². The van der Waals surface area contributed by atoms with E-state index in [1.165, 1.54) is 36.4 Å². The summed E-state index contributed by atoms with van der Waals surface area (Å²) >= 11 is 12.0. The number of nitrogens with one attached hydrogen (secondary N) is 2. The van der Waals surface area contributed by atoms with Gasteiger partial charge >= 0.3 is 0 Å². The molecule has 0 aliphatic carbocycles. The van der Waals surface area contributed by atoms with E-state index in [9.17, 15) is 21.6 Å². The molecule has 0 fully saturated rings. The van der Waals surface area contributed by atoms with Gasteiger partial charge in [-0.05, 0) is 47.9 Å². The van der Waals surface area contributed by atoms with Gasteiger partial charge in [-0.3, -0.25) is 13.8 Å². The lowest BCUT2D eigenvalue weighted by Gasteiger charge is -2.23. The number of carbonyl (C=O) groups excluding carboxylic acids is 1. The molecule has 12 heteroatoms. The SMILES string of the molecule is CS(=O)(=O)N(CC(=O)Nc1ccc(S(=O)(=O)Nc2cccc(Cl)c2Cl)cc1)c1cccc2ccccc12. The zero-order valence-electron chi connectivity index (χ0n) is 19.4. The molecule has 192 valence electrons. The van der Waals surface area contributed by atoms with Gasteiger partial charge < -0.3 is 5.32 Å². The van der Waals surface area contributed by atoms with E-state index in [2.05, 4.69) is 10.0 Å². The number of hydrogen-bond acceptors (Lipinski definition) is 5. The summed E-state index contributed by atoms with van der Waals surface area (Å²) in [7, 11) is -7.78. The highest BCUT2D eigenvalue weighted by molar-refractivity contribution is 7.92. The molecular formula is C25H21Cl2N3O5S2. The molecular weight excluding hydrogens is 557 g/mol. The summed E-state index contributed by atoms with van der Waals surface area (Å²) in [6.45, 7) is -0.471. The fourth-order valence-corrected chi connectivity index (χ4v) is 5.99. The predicted molar refractivity (Wildman–Crippen MR) is 148 cm³/mol. The van der Waals surface area contributed by atoms with E-state index >= 15 is 0 Å². The molecule has 0 bridgehead atoms. The third kappa shape index (κ3) is 6.16. The first-order chi connectivity index (χ1) is 17.5. The number of hydrogen-bond donors (Lipinski definition) is 2. The second-order valence-corrected chi connectivity index (χ2v) is 12.4. The zero-order valence-corrected chi connectivity index (χ0v) is 22.5. The third-order valence-corrected chi connectivity index (χ3v) is 8.69. The van der Waals surface area contributed by atoms with Gasteiger partial charge in [0.25, 0.3) is 10.0 Å². The largest absolute Gasteiger partial charge is 0.325 e. The minimum atomic E-state index is -3.99. The van der Waals surface area contributed by atoms with E-state index in [-0.39, 0.29) is 26.3 Å². The van der Waals surface area contributed by atoms with Crippen molar-refractivity contribution in [3.05, 3.63) is 95.0 Å². The van der Waals surface area contributed by atoms with Crippen LogP contribution in [0.4, 0.5) is 17.1 Å². The summed E-state index contributed by atoms with van der Waals surface area (Å²) < 4.78 is 54.0. The number of nitrogens with zero attached hydrogens (tertiary/aromatic N) is 1. The quantitative estimate of drug-likeness (QED) is 0.293. The van der Waals surface area contributed by atoms with Crippen LogP contribution in [-0.4, -0.2) is 35.5 Å². The monoisotopic (exact) mass is 577 g/mol. The van der Waals surface area contributed by atoms with Crippen LogP contribution in [0.25, 0.3) is 10.8 Å². The van der Waals surface area contributed by atoms with Gasteiger partial charge in [0.1, 0.15) is 6.54 Å². The number of halogens is 2. The van der Waals surface area contributed by atoms with Gasteiger partial charge in [0.2, 0.25) is 15.9 Å². The first-order valence-corrected chi connectivity index (χ1v) is 14.9. The maximum Gasteiger partial charge on any atom is 0.261 e. The number of carbonyl (C=O) groups is 1. The van der Waals surface area contributed by atoms with E-state index in [4.69, 9.17) is 23.2 Å². The van der Waals surface area contributed by atoms with Crippen LogP contribution in [0, 0.1) is 0 Å². The van der Waals surface area contributed by atoms with E-state index in [0.29, 0.717) is 11.1 Å². The summed E-state index contributed by atoms with van der Waals surface area (Å²) in [6.07, 6.45) is 1.03. The Hall–Kier alpha value is -3.31. The van der Waals surface area contributed by atoms with Crippen molar-refractivity contribution in [2.75, 3.05) is 27.1 Å². The molecule has 0 heterocycles. The summed E-state index contributed by atoms with van der Waals surface area (Å²) in [5.41, 5.74) is 0.792. The van der Waals surface area contributed by atoms with Crippen LogP contribution in [0.5, 0.6) is 0 Å². The number of benzene rings is 4. The summed E-state index contributed by atoms with van der Waals surface area (Å²) in [5, 5.41) is 4.39. The lowest BCUT2D eigenvalue weighted by molar-refractivity contribution is -0.114.